The average molecular weight is 289 g/mol. The van der Waals surface area contributed by atoms with Crippen molar-refractivity contribution >= 4 is 11.6 Å². The maximum absolute atomic E-state index is 12.9. The number of amides is 1. The number of oxazole rings is 1. The third kappa shape index (κ3) is 2.89. The number of hydrogen-bond acceptors (Lipinski definition) is 4. The number of hydrogen-bond donors (Lipinski definition) is 0. The Morgan fingerprint density at radius 1 is 1.19 bits per heavy atom. The van der Waals surface area contributed by atoms with Crippen molar-refractivity contribution in [3.8, 4) is 0 Å². The number of carbonyl (C=O) groups excluding carboxylic acids is 1. The highest BCUT2D eigenvalue weighted by atomic mass is 19.1. The van der Waals surface area contributed by atoms with Crippen molar-refractivity contribution in [1.29, 1.82) is 0 Å². The normalized spacial score (nSPS) is 15.3. The minimum absolute atomic E-state index is 0.106. The van der Waals surface area contributed by atoms with Gasteiger partial charge in [-0.05, 0) is 24.3 Å². The summed E-state index contributed by atoms with van der Waals surface area (Å²) in [7, 11) is 0. The van der Waals surface area contributed by atoms with Gasteiger partial charge in [0.25, 0.3) is 5.91 Å². The summed E-state index contributed by atoms with van der Waals surface area (Å²) in [6.45, 7) is 4.37. The lowest BCUT2D eigenvalue weighted by Crippen LogP contribution is -2.48. The topological polar surface area (TPSA) is 49.6 Å². The van der Waals surface area contributed by atoms with Crippen LogP contribution in [0.15, 0.2) is 34.9 Å². The molecule has 2 heterocycles. The SMILES string of the molecule is Cc1nc(C(=O)N2CCN(c3ccc(F)cc3)CC2)co1. The fraction of sp³-hybridized carbons (Fsp3) is 0.333. The molecule has 0 aliphatic carbocycles. The molecule has 1 aromatic heterocycles. The number of aromatic nitrogens is 1. The van der Waals surface area contributed by atoms with Crippen LogP contribution in [0.25, 0.3) is 0 Å². The Kier molecular flexibility index (Phi) is 3.60. The highest BCUT2D eigenvalue weighted by Gasteiger charge is 2.24. The first-order valence-corrected chi connectivity index (χ1v) is 6.85. The third-order valence-electron chi connectivity index (χ3n) is 3.60. The van der Waals surface area contributed by atoms with E-state index in [1.54, 1.807) is 24.0 Å². The molecule has 0 spiro atoms. The lowest BCUT2D eigenvalue weighted by molar-refractivity contribution is 0.0741. The van der Waals surface area contributed by atoms with Gasteiger partial charge in [0.2, 0.25) is 0 Å². The van der Waals surface area contributed by atoms with Gasteiger partial charge in [0.05, 0.1) is 0 Å². The van der Waals surface area contributed by atoms with E-state index in [0.717, 1.165) is 5.69 Å². The van der Waals surface area contributed by atoms with Crippen LogP contribution < -0.4 is 4.90 Å². The molecule has 1 fully saturated rings. The van der Waals surface area contributed by atoms with Crippen LogP contribution in [0.1, 0.15) is 16.4 Å². The predicted molar refractivity (Wildman–Crippen MR) is 75.8 cm³/mol. The van der Waals surface area contributed by atoms with E-state index in [9.17, 15) is 9.18 Å². The summed E-state index contributed by atoms with van der Waals surface area (Å²) in [4.78, 5) is 20.2. The molecule has 2 aromatic rings. The fourth-order valence-electron chi connectivity index (χ4n) is 2.44. The number of nitrogens with zero attached hydrogens (tertiary/aromatic N) is 3. The van der Waals surface area contributed by atoms with Gasteiger partial charge in [-0.25, -0.2) is 9.37 Å². The molecule has 6 heteroatoms. The number of benzene rings is 1. The highest BCUT2D eigenvalue weighted by molar-refractivity contribution is 5.92. The Bertz CT molecular complexity index is 631. The molecule has 0 saturated carbocycles. The lowest BCUT2D eigenvalue weighted by atomic mass is 10.2. The van der Waals surface area contributed by atoms with E-state index in [2.05, 4.69) is 9.88 Å². The second-order valence-corrected chi connectivity index (χ2v) is 5.01. The quantitative estimate of drug-likeness (QED) is 0.849. The summed E-state index contributed by atoms with van der Waals surface area (Å²) in [6.07, 6.45) is 1.39. The van der Waals surface area contributed by atoms with Crippen molar-refractivity contribution in [2.24, 2.45) is 0 Å². The lowest BCUT2D eigenvalue weighted by Gasteiger charge is -2.35. The van der Waals surface area contributed by atoms with E-state index < -0.39 is 0 Å². The fourth-order valence-corrected chi connectivity index (χ4v) is 2.44. The predicted octanol–water partition coefficient (Wildman–Crippen LogP) is 2.08. The summed E-state index contributed by atoms with van der Waals surface area (Å²) in [5.41, 5.74) is 1.32. The maximum atomic E-state index is 12.9. The monoisotopic (exact) mass is 289 g/mol. The van der Waals surface area contributed by atoms with Gasteiger partial charge in [-0.2, -0.15) is 0 Å². The molecule has 0 bridgehead atoms. The Balaban J connectivity index is 1.62. The number of rotatable bonds is 2. The molecule has 0 radical (unpaired) electrons. The first kappa shape index (κ1) is 13.6. The number of anilines is 1. The summed E-state index contributed by atoms with van der Waals surface area (Å²) in [5, 5.41) is 0. The van der Waals surface area contributed by atoms with Gasteiger partial charge in [0.1, 0.15) is 12.1 Å². The number of carbonyl (C=O) groups is 1. The standard InChI is InChI=1S/C15H16FN3O2/c1-11-17-14(10-21-11)15(20)19-8-6-18(7-9-19)13-4-2-12(16)3-5-13/h2-5,10H,6-9H2,1H3. The molecule has 3 rings (SSSR count). The Morgan fingerprint density at radius 2 is 1.86 bits per heavy atom. The van der Waals surface area contributed by atoms with Crippen LogP contribution in [0, 0.1) is 12.7 Å². The van der Waals surface area contributed by atoms with Gasteiger partial charge >= 0.3 is 0 Å². The zero-order chi connectivity index (χ0) is 14.8. The Morgan fingerprint density at radius 3 is 2.43 bits per heavy atom. The molecule has 0 atom stereocenters. The van der Waals surface area contributed by atoms with E-state index in [1.807, 2.05) is 0 Å². The van der Waals surface area contributed by atoms with Crippen LogP contribution >= 0.6 is 0 Å². The Labute approximate surface area is 122 Å². The highest BCUT2D eigenvalue weighted by Crippen LogP contribution is 2.17. The third-order valence-corrected chi connectivity index (χ3v) is 3.60. The first-order chi connectivity index (χ1) is 10.1. The van der Waals surface area contributed by atoms with Crippen LogP contribution in [-0.4, -0.2) is 42.0 Å². The molecular formula is C15H16FN3O2. The minimum atomic E-state index is -0.242. The van der Waals surface area contributed by atoms with Crippen molar-refractivity contribution in [2.45, 2.75) is 6.92 Å². The molecule has 1 aromatic carbocycles. The summed E-state index contributed by atoms with van der Waals surface area (Å²) in [5.74, 6) is 0.142. The summed E-state index contributed by atoms with van der Waals surface area (Å²) >= 11 is 0. The van der Waals surface area contributed by atoms with Gasteiger partial charge < -0.3 is 14.2 Å². The zero-order valence-electron chi connectivity index (χ0n) is 11.8. The summed E-state index contributed by atoms with van der Waals surface area (Å²) < 4.78 is 18.0. The second kappa shape index (κ2) is 5.55. The zero-order valence-corrected chi connectivity index (χ0v) is 11.8. The van der Waals surface area contributed by atoms with Crippen molar-refractivity contribution < 1.29 is 13.6 Å². The smallest absolute Gasteiger partial charge is 0.275 e. The van der Waals surface area contributed by atoms with Gasteiger partial charge in [0, 0.05) is 38.8 Å². The van der Waals surface area contributed by atoms with Crippen molar-refractivity contribution in [3.63, 3.8) is 0 Å². The average Bonchev–Trinajstić information content (AvgIpc) is 2.94. The molecule has 1 saturated heterocycles. The van der Waals surface area contributed by atoms with Gasteiger partial charge in [0.15, 0.2) is 11.6 Å². The van der Waals surface area contributed by atoms with Crippen LogP contribution in [0.2, 0.25) is 0 Å². The summed E-state index contributed by atoms with van der Waals surface area (Å²) in [6, 6.07) is 6.41. The molecular weight excluding hydrogens is 273 g/mol. The van der Waals surface area contributed by atoms with E-state index in [1.165, 1.54) is 18.4 Å². The molecule has 21 heavy (non-hydrogen) atoms. The number of piperazine rings is 1. The molecule has 1 aliphatic heterocycles. The van der Waals surface area contributed by atoms with Crippen LogP contribution in [-0.2, 0) is 0 Å². The number of halogens is 1. The van der Waals surface area contributed by atoms with Gasteiger partial charge in [-0.15, -0.1) is 0 Å². The second-order valence-electron chi connectivity index (χ2n) is 5.01. The minimum Gasteiger partial charge on any atom is -0.448 e. The van der Waals surface area contributed by atoms with Crippen LogP contribution in [0.3, 0.4) is 0 Å². The molecule has 1 aliphatic rings. The van der Waals surface area contributed by atoms with Crippen molar-refractivity contribution in [2.75, 3.05) is 31.1 Å². The molecule has 1 amide bonds. The van der Waals surface area contributed by atoms with Gasteiger partial charge in [-0.1, -0.05) is 0 Å². The van der Waals surface area contributed by atoms with Crippen LogP contribution in [0.5, 0.6) is 0 Å². The van der Waals surface area contributed by atoms with Crippen molar-refractivity contribution in [3.05, 3.63) is 47.9 Å². The Hall–Kier alpha value is -2.37. The number of aryl methyl sites for hydroxylation is 1. The maximum Gasteiger partial charge on any atom is 0.275 e. The molecule has 110 valence electrons. The molecule has 5 nitrogen and oxygen atoms in total. The van der Waals surface area contributed by atoms with E-state index in [0.29, 0.717) is 37.8 Å². The van der Waals surface area contributed by atoms with Crippen molar-refractivity contribution in [1.82, 2.24) is 9.88 Å². The van der Waals surface area contributed by atoms with Crippen LogP contribution in [0.4, 0.5) is 10.1 Å². The molecule has 0 N–H and O–H groups in total. The largest absolute Gasteiger partial charge is 0.448 e. The van der Waals surface area contributed by atoms with E-state index in [4.69, 9.17) is 4.42 Å². The molecule has 0 unspecified atom stereocenters. The van der Waals surface area contributed by atoms with E-state index >= 15 is 0 Å². The van der Waals surface area contributed by atoms with Gasteiger partial charge in [-0.3, -0.25) is 4.79 Å². The van der Waals surface area contributed by atoms with E-state index in [-0.39, 0.29) is 11.7 Å². The first-order valence-electron chi connectivity index (χ1n) is 6.85.